The summed E-state index contributed by atoms with van der Waals surface area (Å²) in [4.78, 5) is 14.4. The zero-order chi connectivity index (χ0) is 16.4. The van der Waals surface area contributed by atoms with Gasteiger partial charge in [-0.1, -0.05) is 12.1 Å². The van der Waals surface area contributed by atoms with Gasteiger partial charge in [0.1, 0.15) is 0 Å². The number of amides is 1. The fourth-order valence-corrected chi connectivity index (χ4v) is 2.38. The minimum Gasteiger partial charge on any atom is -0.449 e. The number of nitrogens with zero attached hydrogens (tertiary/aromatic N) is 1. The summed E-state index contributed by atoms with van der Waals surface area (Å²) in [6.07, 6.45) is 0. The maximum atomic E-state index is 12.4. The molecule has 1 amide bonds. The van der Waals surface area contributed by atoms with Gasteiger partial charge in [-0.05, 0) is 50.8 Å². The van der Waals surface area contributed by atoms with E-state index in [9.17, 15) is 4.79 Å². The SMILES string of the molecule is Cc1ccc2c(c1)Oc1c(cccc1C(=O)NCCN(C)C)O2. The van der Waals surface area contributed by atoms with Gasteiger partial charge in [0.15, 0.2) is 23.0 Å². The number of likely N-dealkylation sites (N-methyl/N-ethyl adjacent to an activating group) is 1. The molecule has 0 saturated carbocycles. The maximum absolute atomic E-state index is 12.4. The molecule has 1 N–H and O–H groups in total. The molecule has 0 unspecified atom stereocenters. The molecular weight excluding hydrogens is 292 g/mol. The Balaban J connectivity index is 1.84. The summed E-state index contributed by atoms with van der Waals surface area (Å²) < 4.78 is 11.8. The van der Waals surface area contributed by atoms with Crippen molar-refractivity contribution >= 4 is 5.91 Å². The van der Waals surface area contributed by atoms with Crippen molar-refractivity contribution in [1.82, 2.24) is 10.2 Å². The lowest BCUT2D eigenvalue weighted by Gasteiger charge is -2.22. The van der Waals surface area contributed by atoms with Gasteiger partial charge < -0.3 is 19.7 Å². The number of aryl methyl sites for hydroxylation is 1. The molecule has 0 aliphatic carbocycles. The predicted octanol–water partition coefficient (Wildman–Crippen LogP) is 3.18. The van der Waals surface area contributed by atoms with Crippen molar-refractivity contribution in [2.24, 2.45) is 0 Å². The Morgan fingerprint density at radius 3 is 2.70 bits per heavy atom. The van der Waals surface area contributed by atoms with Crippen molar-refractivity contribution in [3.63, 3.8) is 0 Å². The van der Waals surface area contributed by atoms with Gasteiger partial charge in [-0.3, -0.25) is 4.79 Å². The second-order valence-electron chi connectivity index (χ2n) is 5.85. The largest absolute Gasteiger partial charge is 0.449 e. The highest BCUT2D eigenvalue weighted by atomic mass is 16.6. The minimum atomic E-state index is -0.164. The van der Waals surface area contributed by atoms with Crippen LogP contribution in [0.2, 0.25) is 0 Å². The fourth-order valence-electron chi connectivity index (χ4n) is 2.38. The molecule has 5 heteroatoms. The molecule has 0 aromatic heterocycles. The van der Waals surface area contributed by atoms with Crippen LogP contribution in [0.5, 0.6) is 23.0 Å². The summed E-state index contributed by atoms with van der Waals surface area (Å²) in [5, 5.41) is 2.90. The number of carbonyl (C=O) groups is 1. The highest BCUT2D eigenvalue weighted by Gasteiger charge is 2.24. The van der Waals surface area contributed by atoms with E-state index in [1.807, 2.05) is 44.1 Å². The molecular formula is C18H20N2O3. The monoisotopic (exact) mass is 312 g/mol. The van der Waals surface area contributed by atoms with Crippen LogP contribution in [-0.4, -0.2) is 38.0 Å². The molecule has 23 heavy (non-hydrogen) atoms. The molecule has 5 nitrogen and oxygen atoms in total. The number of fused-ring (bicyclic) bond motifs is 2. The number of hydrogen-bond acceptors (Lipinski definition) is 4. The van der Waals surface area contributed by atoms with E-state index in [0.717, 1.165) is 12.1 Å². The van der Waals surface area contributed by atoms with E-state index < -0.39 is 0 Å². The van der Waals surface area contributed by atoms with E-state index in [-0.39, 0.29) is 5.91 Å². The zero-order valence-electron chi connectivity index (χ0n) is 13.6. The molecule has 0 fully saturated rings. The average molecular weight is 312 g/mol. The van der Waals surface area contributed by atoms with E-state index in [0.29, 0.717) is 35.1 Å². The van der Waals surface area contributed by atoms with Gasteiger partial charge in [-0.2, -0.15) is 0 Å². The van der Waals surface area contributed by atoms with Crippen LogP contribution in [0, 0.1) is 6.92 Å². The Morgan fingerprint density at radius 2 is 1.91 bits per heavy atom. The lowest BCUT2D eigenvalue weighted by molar-refractivity contribution is 0.0947. The van der Waals surface area contributed by atoms with Gasteiger partial charge in [-0.25, -0.2) is 0 Å². The van der Waals surface area contributed by atoms with E-state index in [2.05, 4.69) is 5.32 Å². The summed E-state index contributed by atoms with van der Waals surface area (Å²) >= 11 is 0. The molecule has 2 aromatic rings. The second-order valence-corrected chi connectivity index (χ2v) is 5.85. The first kappa shape index (κ1) is 15.4. The molecule has 1 aliphatic rings. The van der Waals surface area contributed by atoms with Gasteiger partial charge >= 0.3 is 0 Å². The van der Waals surface area contributed by atoms with Crippen LogP contribution >= 0.6 is 0 Å². The number of ether oxygens (including phenoxy) is 2. The van der Waals surface area contributed by atoms with Gasteiger partial charge in [0.25, 0.3) is 5.91 Å². The molecule has 0 atom stereocenters. The van der Waals surface area contributed by atoms with Crippen molar-refractivity contribution in [1.29, 1.82) is 0 Å². The molecule has 2 aromatic carbocycles. The van der Waals surface area contributed by atoms with Crippen molar-refractivity contribution in [3.05, 3.63) is 47.5 Å². The van der Waals surface area contributed by atoms with Crippen molar-refractivity contribution < 1.29 is 14.3 Å². The number of hydrogen-bond donors (Lipinski definition) is 1. The van der Waals surface area contributed by atoms with E-state index in [1.165, 1.54) is 0 Å². The summed E-state index contributed by atoms with van der Waals surface area (Å²) in [5.41, 5.74) is 1.55. The Kier molecular flexibility index (Phi) is 4.21. The van der Waals surface area contributed by atoms with Crippen LogP contribution in [0.1, 0.15) is 15.9 Å². The third-order valence-corrected chi connectivity index (χ3v) is 3.60. The number of carbonyl (C=O) groups excluding carboxylic acids is 1. The van der Waals surface area contributed by atoms with Gasteiger partial charge in [-0.15, -0.1) is 0 Å². The fraction of sp³-hybridized carbons (Fsp3) is 0.278. The smallest absolute Gasteiger partial charge is 0.255 e. The van der Waals surface area contributed by atoms with Gasteiger partial charge in [0, 0.05) is 13.1 Å². The number of nitrogens with one attached hydrogen (secondary N) is 1. The van der Waals surface area contributed by atoms with E-state index in [4.69, 9.17) is 9.47 Å². The van der Waals surface area contributed by atoms with E-state index in [1.54, 1.807) is 18.2 Å². The topological polar surface area (TPSA) is 50.8 Å². The van der Waals surface area contributed by atoms with Crippen LogP contribution in [-0.2, 0) is 0 Å². The van der Waals surface area contributed by atoms with E-state index >= 15 is 0 Å². The highest BCUT2D eigenvalue weighted by Crippen LogP contribution is 2.46. The van der Waals surface area contributed by atoms with Crippen LogP contribution in [0.3, 0.4) is 0 Å². The summed E-state index contributed by atoms with van der Waals surface area (Å²) in [6, 6.07) is 11.1. The lowest BCUT2D eigenvalue weighted by atomic mass is 10.1. The Bertz CT molecular complexity index is 741. The molecule has 0 saturated heterocycles. The number of benzene rings is 2. The highest BCUT2D eigenvalue weighted by molar-refractivity contribution is 5.98. The quantitative estimate of drug-likeness (QED) is 0.804. The second kappa shape index (κ2) is 6.30. The summed E-state index contributed by atoms with van der Waals surface area (Å²) in [6.45, 7) is 3.34. The minimum absolute atomic E-state index is 0.164. The van der Waals surface area contributed by atoms with Gasteiger partial charge in [0.05, 0.1) is 5.56 Å². The zero-order valence-corrected chi connectivity index (χ0v) is 13.6. The number of rotatable bonds is 4. The first-order valence-corrected chi connectivity index (χ1v) is 7.57. The third kappa shape index (κ3) is 3.29. The lowest BCUT2D eigenvalue weighted by Crippen LogP contribution is -2.31. The predicted molar refractivity (Wildman–Crippen MR) is 88.7 cm³/mol. The number of para-hydroxylation sites is 1. The molecule has 3 rings (SSSR count). The molecule has 0 radical (unpaired) electrons. The van der Waals surface area contributed by atoms with Gasteiger partial charge in [0.2, 0.25) is 0 Å². The maximum Gasteiger partial charge on any atom is 0.255 e. The molecule has 0 spiro atoms. The first-order valence-electron chi connectivity index (χ1n) is 7.57. The summed E-state index contributed by atoms with van der Waals surface area (Å²) in [5.74, 6) is 2.15. The molecule has 1 heterocycles. The Morgan fingerprint density at radius 1 is 1.09 bits per heavy atom. The van der Waals surface area contributed by atoms with Crippen LogP contribution in [0.4, 0.5) is 0 Å². The average Bonchev–Trinajstić information content (AvgIpc) is 2.51. The molecule has 0 bridgehead atoms. The van der Waals surface area contributed by atoms with Crippen molar-refractivity contribution in [2.75, 3.05) is 27.2 Å². The Labute approximate surface area is 135 Å². The van der Waals surface area contributed by atoms with Crippen LogP contribution in [0.15, 0.2) is 36.4 Å². The van der Waals surface area contributed by atoms with Crippen LogP contribution < -0.4 is 14.8 Å². The van der Waals surface area contributed by atoms with Crippen molar-refractivity contribution in [3.8, 4) is 23.0 Å². The standard InChI is InChI=1S/C18H20N2O3/c1-12-7-8-14-16(11-12)23-17-13(5-4-6-15(17)22-14)18(21)19-9-10-20(2)3/h4-8,11H,9-10H2,1-3H3,(H,19,21). The van der Waals surface area contributed by atoms with Crippen molar-refractivity contribution in [2.45, 2.75) is 6.92 Å². The molecule has 1 aliphatic heterocycles. The third-order valence-electron chi connectivity index (χ3n) is 3.60. The normalized spacial score (nSPS) is 12.0. The first-order chi connectivity index (χ1) is 11.0. The molecule has 120 valence electrons. The Hall–Kier alpha value is -2.53. The van der Waals surface area contributed by atoms with Crippen LogP contribution in [0.25, 0.3) is 0 Å². The summed E-state index contributed by atoms with van der Waals surface area (Å²) in [7, 11) is 3.93.